The minimum absolute atomic E-state index is 1.08. The molecule has 104 valence electrons. The lowest BCUT2D eigenvalue weighted by atomic mass is 9.61. The highest BCUT2D eigenvalue weighted by molar-refractivity contribution is 6.06. The zero-order valence-electron chi connectivity index (χ0n) is 10.2. The minimum Gasteiger partial charge on any atom is -0.165 e. The Hall–Kier alpha value is -1.08. The van der Waals surface area contributed by atoms with Crippen LogP contribution in [0.25, 0.3) is 0 Å². The molecule has 0 aliphatic carbocycles. The van der Waals surface area contributed by atoms with E-state index >= 15 is 0 Å². The largest absolute Gasteiger partial charge is 0.431 e. The average molecular weight is 274 g/mol. The summed E-state index contributed by atoms with van der Waals surface area (Å²) in [6, 6.07) is 0. The predicted molar refractivity (Wildman–Crippen MR) is 54.5 cm³/mol. The lowest BCUT2D eigenvalue weighted by Crippen LogP contribution is -2.55. The Morgan fingerprint density at radius 1 is 0.667 bits per heavy atom. The molecule has 0 saturated heterocycles. The summed E-state index contributed by atoms with van der Waals surface area (Å²) in [6.45, 7) is 4.33. The zero-order chi connectivity index (χ0) is 14.6. The molecule has 0 fully saturated rings. The van der Waals surface area contributed by atoms with Crippen molar-refractivity contribution in [2.24, 2.45) is 21.0 Å². The van der Waals surface area contributed by atoms with Crippen molar-refractivity contribution in [3.8, 4) is 0 Å². The molecule has 0 bridgehead atoms. The van der Waals surface area contributed by atoms with Crippen molar-refractivity contribution in [2.75, 3.05) is 0 Å². The van der Waals surface area contributed by atoms with Crippen molar-refractivity contribution < 1.29 is 26.3 Å². The fourth-order valence-electron chi connectivity index (χ4n) is 1.76. The second-order valence-corrected chi connectivity index (χ2v) is 5.14. The fourth-order valence-corrected chi connectivity index (χ4v) is 1.76. The number of rotatable bonds is 0. The number of halogens is 6. The summed E-state index contributed by atoms with van der Waals surface area (Å²) in [5, 5.41) is 5.51. The van der Waals surface area contributed by atoms with Crippen LogP contribution in [-0.2, 0) is 0 Å². The average Bonchev–Trinajstić information content (AvgIpc) is 2.04. The van der Waals surface area contributed by atoms with Crippen LogP contribution in [0.2, 0.25) is 0 Å². The van der Waals surface area contributed by atoms with Crippen LogP contribution >= 0.6 is 0 Å². The summed E-state index contributed by atoms with van der Waals surface area (Å²) in [6.07, 6.45) is -9.61. The van der Waals surface area contributed by atoms with Crippen LogP contribution in [-0.4, -0.2) is 23.8 Å². The van der Waals surface area contributed by atoms with Gasteiger partial charge in [0, 0.05) is 10.8 Å². The van der Waals surface area contributed by atoms with E-state index in [1.54, 1.807) is 0 Å². The van der Waals surface area contributed by atoms with Crippen molar-refractivity contribution in [3.05, 3.63) is 0 Å². The topological polar surface area (TPSA) is 24.7 Å². The van der Waals surface area contributed by atoms with Gasteiger partial charge in [0.15, 0.2) is 11.4 Å². The van der Waals surface area contributed by atoms with E-state index in [9.17, 15) is 26.3 Å². The first kappa shape index (κ1) is 15.0. The molecule has 0 aromatic heterocycles. The summed E-state index contributed by atoms with van der Waals surface area (Å²) in [4.78, 5) is 0. The van der Waals surface area contributed by atoms with Crippen LogP contribution in [0, 0.1) is 10.8 Å². The van der Waals surface area contributed by atoms with Crippen LogP contribution < -0.4 is 0 Å². The van der Waals surface area contributed by atoms with Gasteiger partial charge >= 0.3 is 12.4 Å². The molecule has 0 aromatic carbocycles. The molecule has 0 spiro atoms. The zero-order valence-corrected chi connectivity index (χ0v) is 10.2. The highest BCUT2D eigenvalue weighted by atomic mass is 19.4. The molecule has 1 heterocycles. The number of hydrogen-bond donors (Lipinski definition) is 0. The second kappa shape index (κ2) is 3.71. The first-order chi connectivity index (χ1) is 7.72. The van der Waals surface area contributed by atoms with Gasteiger partial charge in [-0.1, -0.05) is 27.7 Å². The van der Waals surface area contributed by atoms with Gasteiger partial charge in [-0.05, 0) is 0 Å². The molecule has 18 heavy (non-hydrogen) atoms. The van der Waals surface area contributed by atoms with E-state index in [0.29, 0.717) is 0 Å². The van der Waals surface area contributed by atoms with Crippen LogP contribution in [0.3, 0.4) is 0 Å². The van der Waals surface area contributed by atoms with E-state index in [1.165, 1.54) is 0 Å². The van der Waals surface area contributed by atoms with Gasteiger partial charge in [-0.15, -0.1) is 10.2 Å². The third-order valence-electron chi connectivity index (χ3n) is 3.53. The van der Waals surface area contributed by atoms with Crippen molar-refractivity contribution in [2.45, 2.75) is 40.0 Å². The van der Waals surface area contributed by atoms with Crippen molar-refractivity contribution in [3.63, 3.8) is 0 Å². The Balaban J connectivity index is 3.48. The second-order valence-electron chi connectivity index (χ2n) is 5.14. The molecule has 8 heteroatoms. The molecule has 0 radical (unpaired) electrons. The van der Waals surface area contributed by atoms with Gasteiger partial charge < -0.3 is 0 Å². The fraction of sp³-hybridized carbons (Fsp3) is 0.800. The molecule has 0 unspecified atom stereocenters. The van der Waals surface area contributed by atoms with E-state index in [-0.39, 0.29) is 0 Å². The van der Waals surface area contributed by atoms with Gasteiger partial charge in [-0.3, -0.25) is 0 Å². The lowest BCUT2D eigenvalue weighted by Gasteiger charge is -2.45. The van der Waals surface area contributed by atoms with E-state index in [4.69, 9.17) is 0 Å². The molecule has 0 atom stereocenters. The van der Waals surface area contributed by atoms with Crippen LogP contribution in [0.15, 0.2) is 10.2 Å². The van der Waals surface area contributed by atoms with Gasteiger partial charge in [0.1, 0.15) is 0 Å². The van der Waals surface area contributed by atoms with Crippen LogP contribution in [0.1, 0.15) is 27.7 Å². The molecule has 0 N–H and O–H groups in total. The van der Waals surface area contributed by atoms with Crippen LogP contribution in [0.4, 0.5) is 26.3 Å². The molecule has 0 saturated carbocycles. The monoisotopic (exact) mass is 274 g/mol. The van der Waals surface area contributed by atoms with Gasteiger partial charge in [0.25, 0.3) is 0 Å². The summed E-state index contributed by atoms with van der Waals surface area (Å²) >= 11 is 0. The number of nitrogens with zero attached hydrogens (tertiary/aromatic N) is 2. The number of hydrogen-bond acceptors (Lipinski definition) is 2. The maximum atomic E-state index is 12.7. The van der Waals surface area contributed by atoms with Crippen molar-refractivity contribution in [1.82, 2.24) is 0 Å². The van der Waals surface area contributed by atoms with Gasteiger partial charge in [-0.25, -0.2) is 0 Å². The molecular weight excluding hydrogens is 262 g/mol. The highest BCUT2D eigenvalue weighted by Crippen LogP contribution is 2.50. The smallest absolute Gasteiger partial charge is 0.165 e. The molecule has 1 rings (SSSR count). The molecule has 0 amide bonds. The van der Waals surface area contributed by atoms with E-state index in [1.807, 2.05) is 0 Å². The summed E-state index contributed by atoms with van der Waals surface area (Å²) in [5.74, 6) is 0. The van der Waals surface area contributed by atoms with Crippen LogP contribution in [0.5, 0.6) is 0 Å². The normalized spacial score (nSPS) is 23.4. The summed E-state index contributed by atoms with van der Waals surface area (Å²) < 4.78 is 76.3. The Labute approximate surface area is 99.8 Å². The third-order valence-corrected chi connectivity index (χ3v) is 3.53. The third kappa shape index (κ3) is 2.12. The Bertz CT molecular complexity index is 371. The maximum Gasteiger partial charge on any atom is 0.431 e. The lowest BCUT2D eigenvalue weighted by molar-refractivity contribution is -0.0815. The Morgan fingerprint density at radius 2 is 0.889 bits per heavy atom. The van der Waals surface area contributed by atoms with Gasteiger partial charge in [0.2, 0.25) is 0 Å². The minimum atomic E-state index is -4.80. The molecule has 2 nitrogen and oxygen atoms in total. The Morgan fingerprint density at radius 3 is 1.06 bits per heavy atom. The first-order valence-corrected chi connectivity index (χ1v) is 5.03. The first-order valence-electron chi connectivity index (χ1n) is 5.03. The molecule has 1 aliphatic rings. The predicted octanol–water partition coefficient (Wildman–Crippen LogP) is 3.97. The molecule has 0 aromatic rings. The molecular formula is C10H12F6N2. The summed E-state index contributed by atoms with van der Waals surface area (Å²) in [7, 11) is 0. The van der Waals surface area contributed by atoms with Gasteiger partial charge in [0.05, 0.1) is 0 Å². The number of alkyl halides is 6. The van der Waals surface area contributed by atoms with Crippen molar-refractivity contribution >= 4 is 11.4 Å². The highest BCUT2D eigenvalue weighted by Gasteiger charge is 2.61. The van der Waals surface area contributed by atoms with E-state index in [2.05, 4.69) is 10.2 Å². The quantitative estimate of drug-likeness (QED) is 0.597. The SMILES string of the molecule is CC1(C)C(C(F)(F)F)=NN=C(C(F)(F)F)C1(C)C. The van der Waals surface area contributed by atoms with E-state index < -0.39 is 34.6 Å². The molecule has 1 aliphatic heterocycles. The Kier molecular flexibility index (Phi) is 3.08. The van der Waals surface area contributed by atoms with E-state index in [0.717, 1.165) is 27.7 Å². The standard InChI is InChI=1S/C10H12F6N2/c1-7(2)5(9(11,12)13)17-18-6(8(7,3)4)10(14,15)16/h1-4H3. The van der Waals surface area contributed by atoms with Crippen molar-refractivity contribution in [1.29, 1.82) is 0 Å². The maximum absolute atomic E-state index is 12.7. The van der Waals surface area contributed by atoms with Gasteiger partial charge in [-0.2, -0.15) is 26.3 Å². The summed E-state index contributed by atoms with van der Waals surface area (Å²) in [5.41, 5.74) is -6.24.